The number of carbonyl (C=O) groups excluding carboxylic acids is 6. The van der Waals surface area contributed by atoms with E-state index in [-0.39, 0.29) is 99.2 Å². The van der Waals surface area contributed by atoms with Gasteiger partial charge < -0.3 is 39.2 Å². The van der Waals surface area contributed by atoms with Crippen molar-refractivity contribution in [2.45, 2.75) is 124 Å². The fraction of sp³-hybridized carbons (Fsp3) is 0.723. The quantitative estimate of drug-likeness (QED) is 0.0609. The number of nitrogens with zero attached hydrogens (tertiary/aromatic N) is 3. The van der Waals surface area contributed by atoms with Crippen LogP contribution in [0, 0.1) is 35.5 Å². The number of carboxylic acid groups (broad SMARTS) is 1. The summed E-state index contributed by atoms with van der Waals surface area (Å²) in [4.78, 5) is 96.4. The van der Waals surface area contributed by atoms with E-state index in [1.54, 1.807) is 37.9 Å². The Balaban J connectivity index is 2.29. The van der Waals surface area contributed by atoms with Gasteiger partial charge in [-0.15, -0.1) is 0 Å². The Morgan fingerprint density at radius 3 is 2.14 bits per heavy atom. The Kier molecular flexibility index (Phi) is 24.2. The zero-order valence-electron chi connectivity index (χ0n) is 39.6. The van der Waals surface area contributed by atoms with Gasteiger partial charge in [0.15, 0.2) is 5.78 Å². The van der Waals surface area contributed by atoms with Crippen LogP contribution in [-0.4, -0.2) is 153 Å². The fourth-order valence-electron chi connectivity index (χ4n) is 8.90. The van der Waals surface area contributed by atoms with Crippen molar-refractivity contribution in [2.24, 2.45) is 35.5 Å². The van der Waals surface area contributed by atoms with E-state index in [0.717, 1.165) is 5.56 Å². The number of hydrogen-bond acceptors (Lipinski definition) is 13. The van der Waals surface area contributed by atoms with Crippen molar-refractivity contribution in [1.29, 1.82) is 0 Å². The number of carboxylic acids is 1. The molecule has 2 N–H and O–H groups in total. The highest BCUT2D eigenvalue weighted by Gasteiger charge is 2.43. The van der Waals surface area contributed by atoms with Crippen LogP contribution in [0.2, 0.25) is 0 Å². The Labute approximate surface area is 375 Å². The molecule has 0 saturated carbocycles. The van der Waals surface area contributed by atoms with Crippen molar-refractivity contribution in [1.82, 2.24) is 20.0 Å². The van der Waals surface area contributed by atoms with E-state index in [0.29, 0.717) is 25.8 Å². The summed E-state index contributed by atoms with van der Waals surface area (Å²) in [6, 6.07) is 7.94. The van der Waals surface area contributed by atoms with E-state index in [2.05, 4.69) is 5.32 Å². The van der Waals surface area contributed by atoms with E-state index in [1.165, 1.54) is 12.0 Å². The minimum absolute atomic E-state index is 0.0147. The second-order valence-electron chi connectivity index (χ2n) is 17.7. The summed E-state index contributed by atoms with van der Waals surface area (Å²) < 4.78 is 22.3. The predicted octanol–water partition coefficient (Wildman–Crippen LogP) is 4.26. The van der Waals surface area contributed by atoms with Crippen molar-refractivity contribution in [3.05, 3.63) is 35.9 Å². The Morgan fingerprint density at radius 1 is 0.937 bits per heavy atom. The molecule has 0 bridgehead atoms. The van der Waals surface area contributed by atoms with Crippen molar-refractivity contribution in [3.63, 3.8) is 0 Å². The third kappa shape index (κ3) is 16.7. The summed E-state index contributed by atoms with van der Waals surface area (Å²) in [7, 11) is 6.54. The molecule has 1 aliphatic heterocycles. The smallest absolute Gasteiger partial charge is 0.317 e. The van der Waals surface area contributed by atoms with Crippen LogP contribution in [0.3, 0.4) is 0 Å². The number of likely N-dealkylation sites (N-methyl/N-ethyl adjacent to an activating group) is 2. The van der Waals surface area contributed by atoms with Gasteiger partial charge in [-0.05, 0) is 49.6 Å². The van der Waals surface area contributed by atoms with Crippen LogP contribution in [0.4, 0.5) is 0 Å². The highest BCUT2D eigenvalue weighted by Crippen LogP contribution is 2.32. The van der Waals surface area contributed by atoms with Gasteiger partial charge in [-0.25, -0.2) is 0 Å². The zero-order valence-corrected chi connectivity index (χ0v) is 39.6. The van der Waals surface area contributed by atoms with E-state index in [4.69, 9.17) is 18.9 Å². The molecule has 2 amide bonds. The molecule has 16 nitrogen and oxygen atoms in total. The lowest BCUT2D eigenvalue weighted by Gasteiger charge is -2.41. The number of aliphatic carboxylic acids is 1. The lowest BCUT2D eigenvalue weighted by molar-refractivity contribution is -0.153. The maximum atomic E-state index is 14.4. The molecule has 63 heavy (non-hydrogen) atoms. The molecule has 0 aliphatic carbocycles. The van der Waals surface area contributed by atoms with Gasteiger partial charge in [0.05, 0.1) is 49.2 Å². The summed E-state index contributed by atoms with van der Waals surface area (Å²) >= 11 is 0. The summed E-state index contributed by atoms with van der Waals surface area (Å²) in [6.45, 7) is 13.3. The molecular formula is C47H76N4O12. The normalized spacial score (nSPS) is 17.9. The number of ketones is 2. The first-order valence-corrected chi connectivity index (χ1v) is 22.4. The molecule has 0 radical (unpaired) electrons. The average molecular weight is 889 g/mol. The highest BCUT2D eigenvalue weighted by atomic mass is 16.5. The predicted molar refractivity (Wildman–Crippen MR) is 237 cm³/mol. The average Bonchev–Trinajstić information content (AvgIpc) is 3.73. The largest absolute Gasteiger partial charge is 0.480 e. The van der Waals surface area contributed by atoms with Crippen LogP contribution in [-0.2, 0) is 58.9 Å². The van der Waals surface area contributed by atoms with Crippen LogP contribution in [0.25, 0.3) is 0 Å². The van der Waals surface area contributed by atoms with Gasteiger partial charge in [-0.3, -0.25) is 38.5 Å². The summed E-state index contributed by atoms with van der Waals surface area (Å²) in [5.74, 6) is -4.62. The summed E-state index contributed by atoms with van der Waals surface area (Å²) in [6.07, 6.45) is 0.777. The molecule has 0 aromatic heterocycles. The standard InChI is InChI=1S/C47H76N4O12/c1-12-32(6)44(49(9)46(58)36(30(2)3)25-39(54)43(48-8)31(4)5)40(60-10)26-41(55)51-20-16-19-37(51)45(61-11)33(7)38(53)24-35(23-34-17-14-13-15-18-34)47(59)63-22-21-50(27-42(56)57)28-62-29-52/h13-15,17-18,29-33,35-37,40,43-45,48H,12,16,19-28H2,1-11H3,(H,56,57)/t32-,33-,35+,36-,37-,40+,43-,44-,45+/m0/s1. The van der Waals surface area contributed by atoms with E-state index < -0.39 is 60.5 Å². The lowest BCUT2D eigenvalue weighted by atomic mass is 9.84. The highest BCUT2D eigenvalue weighted by molar-refractivity contribution is 5.90. The Morgan fingerprint density at radius 2 is 1.60 bits per heavy atom. The number of rotatable bonds is 31. The molecule has 9 atom stereocenters. The molecule has 0 unspecified atom stereocenters. The number of methoxy groups -OCH3 is 2. The summed E-state index contributed by atoms with van der Waals surface area (Å²) in [5, 5.41) is 12.3. The third-order valence-electron chi connectivity index (χ3n) is 12.7. The molecule has 2 rings (SSSR count). The first kappa shape index (κ1) is 54.9. The molecule has 1 aromatic carbocycles. The van der Waals surface area contributed by atoms with Gasteiger partial charge in [-0.2, -0.15) is 0 Å². The minimum Gasteiger partial charge on any atom is -0.480 e. The first-order valence-electron chi connectivity index (χ1n) is 22.4. The maximum Gasteiger partial charge on any atom is 0.317 e. The molecule has 1 saturated heterocycles. The van der Waals surface area contributed by atoms with Gasteiger partial charge in [0.25, 0.3) is 6.47 Å². The Bertz CT molecular complexity index is 1610. The van der Waals surface area contributed by atoms with Gasteiger partial charge in [0, 0.05) is 59.0 Å². The number of carbonyl (C=O) groups is 7. The van der Waals surface area contributed by atoms with Crippen molar-refractivity contribution >= 4 is 41.8 Å². The molecule has 1 fully saturated rings. The Hall–Kier alpha value is -4.25. The van der Waals surface area contributed by atoms with E-state index >= 15 is 0 Å². The molecule has 1 aromatic rings. The molecule has 16 heteroatoms. The lowest BCUT2D eigenvalue weighted by Crippen LogP contribution is -2.54. The second kappa shape index (κ2) is 27.8. The number of benzene rings is 1. The number of ether oxygens (including phenoxy) is 4. The number of Topliss-reactive ketones (excluding diaryl/α,β-unsaturated/α-hetero) is 2. The molecule has 1 heterocycles. The van der Waals surface area contributed by atoms with Gasteiger partial charge >= 0.3 is 11.9 Å². The van der Waals surface area contributed by atoms with E-state index in [1.807, 2.05) is 71.9 Å². The number of amides is 2. The van der Waals surface area contributed by atoms with E-state index in [9.17, 15) is 38.7 Å². The van der Waals surface area contributed by atoms with Crippen LogP contribution < -0.4 is 5.32 Å². The number of esters is 1. The topological polar surface area (TPSA) is 198 Å². The third-order valence-corrected chi connectivity index (χ3v) is 12.7. The zero-order chi connectivity index (χ0) is 47.4. The SMILES string of the molecule is CC[C@H](C)[C@@H]([C@@H](CC(=O)N1CCC[C@H]1[C@H](OC)[C@@H](C)C(=O)C[C@@H](Cc1ccccc1)C(=O)OCCN(COC=O)CC(=O)O)OC)N(C)C(=O)[C@@H](CC(=O)[C@@H](NC)C(C)C)C(C)C. The molecular weight excluding hydrogens is 813 g/mol. The van der Waals surface area contributed by atoms with Gasteiger partial charge in [0.1, 0.15) is 19.1 Å². The van der Waals surface area contributed by atoms with Crippen LogP contribution in [0.15, 0.2) is 30.3 Å². The molecule has 1 aliphatic rings. The number of likely N-dealkylation sites (tertiary alicyclic amines) is 1. The van der Waals surface area contributed by atoms with Crippen LogP contribution in [0.5, 0.6) is 0 Å². The van der Waals surface area contributed by atoms with Crippen molar-refractivity contribution in [3.8, 4) is 0 Å². The summed E-state index contributed by atoms with van der Waals surface area (Å²) in [5.41, 5.74) is 0.820. The maximum absolute atomic E-state index is 14.4. The van der Waals surface area contributed by atoms with Crippen molar-refractivity contribution < 1.29 is 57.6 Å². The van der Waals surface area contributed by atoms with Crippen LogP contribution in [0.1, 0.15) is 92.6 Å². The second-order valence-corrected chi connectivity index (χ2v) is 17.7. The van der Waals surface area contributed by atoms with Crippen LogP contribution >= 0.6 is 0 Å². The number of hydrogen-bond donors (Lipinski definition) is 2. The minimum atomic E-state index is -1.15. The first-order chi connectivity index (χ1) is 29.9. The van der Waals surface area contributed by atoms with Gasteiger partial charge in [0.2, 0.25) is 11.8 Å². The number of nitrogens with one attached hydrogen (secondary N) is 1. The molecule has 0 spiro atoms. The molecule has 356 valence electrons. The fourth-order valence-corrected chi connectivity index (χ4v) is 8.90. The monoisotopic (exact) mass is 889 g/mol. The van der Waals surface area contributed by atoms with Crippen molar-refractivity contribution in [2.75, 3.05) is 61.3 Å². The van der Waals surface area contributed by atoms with Gasteiger partial charge in [-0.1, -0.05) is 85.2 Å².